The van der Waals surface area contributed by atoms with Gasteiger partial charge < -0.3 is 14.6 Å². The summed E-state index contributed by atoms with van der Waals surface area (Å²) in [6, 6.07) is 5.97. The molecule has 4 atom stereocenters. The molecule has 0 amide bonds. The Morgan fingerprint density at radius 2 is 1.92 bits per heavy atom. The molecule has 2 aliphatic rings. The molecule has 2 aliphatic carbocycles. The average Bonchev–Trinajstić information content (AvgIpc) is 2.86. The lowest BCUT2D eigenvalue weighted by molar-refractivity contribution is 0.113. The summed E-state index contributed by atoms with van der Waals surface area (Å²) >= 11 is 0. The van der Waals surface area contributed by atoms with Crippen LogP contribution in [0.15, 0.2) is 18.2 Å². The zero-order chi connectivity index (χ0) is 19.1. The third-order valence-corrected chi connectivity index (χ3v) is 11.8. The molecule has 2 N–H and O–H groups in total. The van der Waals surface area contributed by atoms with Crippen LogP contribution in [-0.2, 0) is 17.3 Å². The Kier molecular flexibility index (Phi) is 5.58. The van der Waals surface area contributed by atoms with Crippen molar-refractivity contribution in [3.8, 4) is 5.75 Å². The van der Waals surface area contributed by atoms with Gasteiger partial charge in [-0.1, -0.05) is 32.9 Å². The van der Waals surface area contributed by atoms with Gasteiger partial charge in [0.2, 0.25) is 0 Å². The molecule has 1 saturated carbocycles. The predicted molar refractivity (Wildman–Crippen MR) is 109 cm³/mol. The molecule has 0 saturated heterocycles. The molecule has 0 bridgehead atoms. The zero-order valence-corrected chi connectivity index (χ0v) is 18.1. The number of benzene rings is 1. The van der Waals surface area contributed by atoms with Crippen LogP contribution in [0.1, 0.15) is 51.2 Å². The Balaban J connectivity index is 1.84. The first-order valence-corrected chi connectivity index (χ1v) is 13.1. The van der Waals surface area contributed by atoms with Crippen LogP contribution in [-0.4, -0.2) is 31.2 Å². The second-order valence-electron chi connectivity index (χ2n) is 9.93. The van der Waals surface area contributed by atoms with E-state index in [2.05, 4.69) is 39.9 Å². The Morgan fingerprint density at radius 1 is 1.19 bits per heavy atom. The van der Waals surface area contributed by atoms with Crippen molar-refractivity contribution in [3.63, 3.8) is 0 Å². The molecule has 0 radical (unpaired) electrons. The smallest absolute Gasteiger partial charge is 0.192 e. The van der Waals surface area contributed by atoms with E-state index in [1.165, 1.54) is 5.56 Å². The molecule has 1 aromatic carbocycles. The minimum absolute atomic E-state index is 0.212. The maximum Gasteiger partial charge on any atom is 0.192 e. The van der Waals surface area contributed by atoms with Crippen LogP contribution < -0.4 is 0 Å². The van der Waals surface area contributed by atoms with Crippen molar-refractivity contribution < 1.29 is 14.6 Å². The van der Waals surface area contributed by atoms with E-state index >= 15 is 0 Å². The Labute approximate surface area is 159 Å². The molecule has 0 aliphatic heterocycles. The highest BCUT2D eigenvalue weighted by molar-refractivity contribution is 6.74. The molecule has 1 aromatic rings. The number of aliphatic hydroxyl groups is 1. The van der Waals surface area contributed by atoms with E-state index < -0.39 is 8.32 Å². The van der Waals surface area contributed by atoms with Gasteiger partial charge in [-0.15, -0.1) is 0 Å². The summed E-state index contributed by atoms with van der Waals surface area (Å²) in [5.41, 5.74) is 2.47. The van der Waals surface area contributed by atoms with Gasteiger partial charge in [0.1, 0.15) is 5.75 Å². The van der Waals surface area contributed by atoms with Crippen molar-refractivity contribution in [2.75, 3.05) is 6.61 Å². The normalized spacial score (nSPS) is 28.7. The number of aliphatic hydroxyl groups excluding tert-OH is 1. The number of aromatic hydroxyl groups is 1. The van der Waals surface area contributed by atoms with E-state index in [4.69, 9.17) is 4.43 Å². The summed E-state index contributed by atoms with van der Waals surface area (Å²) < 4.78 is 6.89. The maximum absolute atomic E-state index is 10.3. The summed E-state index contributed by atoms with van der Waals surface area (Å²) in [5.74, 6) is 2.19. The molecular formula is C22H36O3Si. The number of hydrogen-bond acceptors (Lipinski definition) is 3. The monoisotopic (exact) mass is 376 g/mol. The van der Waals surface area contributed by atoms with Gasteiger partial charge in [-0.25, -0.2) is 0 Å². The summed E-state index contributed by atoms with van der Waals surface area (Å²) in [7, 11) is -1.82. The number of fused-ring (bicyclic) bond motifs is 2. The van der Waals surface area contributed by atoms with E-state index in [-0.39, 0.29) is 11.6 Å². The fourth-order valence-electron chi connectivity index (χ4n) is 4.81. The van der Waals surface area contributed by atoms with Gasteiger partial charge >= 0.3 is 0 Å². The topological polar surface area (TPSA) is 49.7 Å². The lowest BCUT2D eigenvalue weighted by Crippen LogP contribution is -2.45. The Morgan fingerprint density at radius 3 is 2.58 bits per heavy atom. The number of phenolic OH excluding ortho intramolecular Hbond substituents is 1. The van der Waals surface area contributed by atoms with Crippen LogP contribution in [0.25, 0.3) is 0 Å². The van der Waals surface area contributed by atoms with Crippen molar-refractivity contribution in [1.82, 2.24) is 0 Å². The molecule has 26 heavy (non-hydrogen) atoms. The number of rotatable bonds is 5. The summed E-state index contributed by atoms with van der Waals surface area (Å²) in [6.07, 6.45) is 5.32. The minimum Gasteiger partial charge on any atom is -0.508 e. The Hall–Kier alpha value is -0.843. The predicted octanol–water partition coefficient (Wildman–Crippen LogP) is 4.91. The van der Waals surface area contributed by atoms with Gasteiger partial charge in [-0.05, 0) is 85.2 Å². The van der Waals surface area contributed by atoms with Gasteiger partial charge in [-0.3, -0.25) is 0 Å². The lowest BCUT2D eigenvalue weighted by atomic mass is 9.73. The van der Waals surface area contributed by atoms with Gasteiger partial charge in [0.25, 0.3) is 0 Å². The van der Waals surface area contributed by atoms with Crippen LogP contribution in [0.4, 0.5) is 0 Å². The highest BCUT2D eigenvalue weighted by Gasteiger charge is 2.49. The van der Waals surface area contributed by atoms with Crippen LogP contribution in [0, 0.1) is 17.8 Å². The number of hydrogen-bond donors (Lipinski definition) is 2. The molecule has 0 unspecified atom stereocenters. The van der Waals surface area contributed by atoms with Crippen LogP contribution in [0.2, 0.25) is 18.1 Å². The first-order valence-electron chi connectivity index (χ1n) is 10.2. The Bertz CT molecular complexity index is 635. The van der Waals surface area contributed by atoms with Crippen molar-refractivity contribution in [1.29, 1.82) is 0 Å². The molecule has 0 aromatic heterocycles. The number of phenols is 1. The minimum atomic E-state index is -1.82. The SMILES string of the molecule is CC(C)(C)[Si](C)(C)O[C@@H]1C[C@@H]2Cc3c(O)cccc3C[C@@H]2[C@H]1CCCO. The molecule has 3 rings (SSSR count). The van der Waals surface area contributed by atoms with E-state index in [9.17, 15) is 10.2 Å². The zero-order valence-electron chi connectivity index (χ0n) is 17.1. The highest BCUT2D eigenvalue weighted by atomic mass is 28.4. The van der Waals surface area contributed by atoms with Crippen LogP contribution >= 0.6 is 0 Å². The average molecular weight is 377 g/mol. The molecule has 4 heteroatoms. The summed E-state index contributed by atoms with van der Waals surface area (Å²) in [5, 5.41) is 19.9. The molecule has 0 heterocycles. The quantitative estimate of drug-likeness (QED) is 0.718. The van der Waals surface area contributed by atoms with E-state index in [0.717, 1.165) is 37.7 Å². The van der Waals surface area contributed by atoms with E-state index in [0.29, 0.717) is 29.6 Å². The second-order valence-corrected chi connectivity index (χ2v) is 14.7. The molecule has 146 valence electrons. The van der Waals surface area contributed by atoms with Crippen LogP contribution in [0.5, 0.6) is 5.75 Å². The molecular weight excluding hydrogens is 340 g/mol. The second kappa shape index (κ2) is 7.29. The van der Waals surface area contributed by atoms with Crippen molar-refractivity contribution in [2.45, 2.75) is 77.1 Å². The van der Waals surface area contributed by atoms with Crippen molar-refractivity contribution in [3.05, 3.63) is 29.3 Å². The van der Waals surface area contributed by atoms with E-state index in [1.54, 1.807) is 0 Å². The molecule has 3 nitrogen and oxygen atoms in total. The largest absolute Gasteiger partial charge is 0.508 e. The third-order valence-electron chi connectivity index (χ3n) is 7.29. The molecule has 0 spiro atoms. The molecule has 1 fully saturated rings. The first kappa shape index (κ1) is 19.9. The van der Waals surface area contributed by atoms with Crippen molar-refractivity contribution >= 4 is 8.32 Å². The van der Waals surface area contributed by atoms with Gasteiger partial charge in [0, 0.05) is 12.7 Å². The highest BCUT2D eigenvalue weighted by Crippen LogP contribution is 2.51. The first-order chi connectivity index (χ1) is 12.1. The third kappa shape index (κ3) is 3.74. The van der Waals surface area contributed by atoms with Crippen molar-refractivity contribution in [2.24, 2.45) is 17.8 Å². The summed E-state index contributed by atoms with van der Waals surface area (Å²) in [6.45, 7) is 11.9. The fourth-order valence-corrected chi connectivity index (χ4v) is 6.19. The standard InChI is InChI=1S/C22H36O3Si/c1-22(2,3)26(4,5)25-21-14-16-13-19-15(8-6-10-20(19)24)12-18(16)17(21)9-7-11-23/h6,8,10,16-18,21,23-24H,7,9,11-14H2,1-5H3/t16-,17+,18-,21+/m0/s1. The van der Waals surface area contributed by atoms with Crippen LogP contribution in [0.3, 0.4) is 0 Å². The maximum atomic E-state index is 10.3. The van der Waals surface area contributed by atoms with Gasteiger partial charge in [0.15, 0.2) is 8.32 Å². The lowest BCUT2D eigenvalue weighted by Gasteiger charge is -2.40. The van der Waals surface area contributed by atoms with E-state index in [1.807, 2.05) is 12.1 Å². The fraction of sp³-hybridized carbons (Fsp3) is 0.727. The summed E-state index contributed by atoms with van der Waals surface area (Å²) in [4.78, 5) is 0. The van der Waals surface area contributed by atoms with Gasteiger partial charge in [0.05, 0.1) is 0 Å². The van der Waals surface area contributed by atoms with Gasteiger partial charge in [-0.2, -0.15) is 0 Å².